The predicted octanol–water partition coefficient (Wildman–Crippen LogP) is 1.55. The van der Waals surface area contributed by atoms with Gasteiger partial charge in [0.2, 0.25) is 0 Å². The molecule has 0 saturated heterocycles. The normalized spacial score (nSPS) is 25.0. The van der Waals surface area contributed by atoms with Crippen molar-refractivity contribution in [2.45, 2.75) is 57.3 Å². The Kier molecular flexibility index (Phi) is 5.39. The molecule has 0 heterocycles. The van der Waals surface area contributed by atoms with Gasteiger partial charge in [0, 0.05) is 6.42 Å². The monoisotopic (exact) mass is 309 g/mol. The molecule has 1 saturated carbocycles. The lowest BCUT2D eigenvalue weighted by Crippen LogP contribution is -2.44. The van der Waals surface area contributed by atoms with E-state index in [1.54, 1.807) is 0 Å². The highest BCUT2D eigenvalue weighted by Gasteiger charge is 2.38. The first-order valence-corrected chi connectivity index (χ1v) is 7.39. The van der Waals surface area contributed by atoms with Crippen molar-refractivity contribution in [3.8, 4) is 0 Å². The van der Waals surface area contributed by atoms with E-state index in [1.165, 1.54) is 13.8 Å². The summed E-state index contributed by atoms with van der Waals surface area (Å²) in [6.45, 7) is 3.21. The number of aliphatic hydroxyl groups excluding tert-OH is 1. The second-order valence-electron chi connectivity index (χ2n) is 6.04. The van der Waals surface area contributed by atoms with Gasteiger partial charge < -0.3 is 25.0 Å². The van der Waals surface area contributed by atoms with E-state index in [4.69, 9.17) is 9.47 Å². The van der Waals surface area contributed by atoms with Gasteiger partial charge in [-0.05, 0) is 25.8 Å². The maximum atomic E-state index is 11.9. The molecule has 6 heteroatoms. The van der Waals surface area contributed by atoms with E-state index in [-0.39, 0.29) is 12.6 Å². The molecule has 3 unspecified atom stereocenters. The molecule has 1 aromatic carbocycles. The van der Waals surface area contributed by atoms with Gasteiger partial charge in [-0.25, -0.2) is 4.79 Å². The SMILES string of the molecule is CC(C)(O)OC1CC(O)CC1NC(=O)OCc1ccccc1. The lowest BCUT2D eigenvalue weighted by atomic mass is 10.2. The molecule has 122 valence electrons. The maximum absolute atomic E-state index is 11.9. The van der Waals surface area contributed by atoms with E-state index in [1.807, 2.05) is 30.3 Å². The second-order valence-corrected chi connectivity index (χ2v) is 6.04. The summed E-state index contributed by atoms with van der Waals surface area (Å²) in [5, 5.41) is 22.1. The van der Waals surface area contributed by atoms with Crippen molar-refractivity contribution in [1.82, 2.24) is 5.32 Å². The summed E-state index contributed by atoms with van der Waals surface area (Å²) in [7, 11) is 0. The van der Waals surface area contributed by atoms with Gasteiger partial charge in [0.05, 0.1) is 18.2 Å². The number of carbonyl (C=O) groups excluding carboxylic acids is 1. The first-order chi connectivity index (χ1) is 10.3. The summed E-state index contributed by atoms with van der Waals surface area (Å²) in [6, 6.07) is 8.99. The fourth-order valence-corrected chi connectivity index (χ4v) is 2.54. The highest BCUT2D eigenvalue weighted by molar-refractivity contribution is 5.67. The van der Waals surface area contributed by atoms with E-state index in [9.17, 15) is 15.0 Å². The third kappa shape index (κ3) is 5.29. The van der Waals surface area contributed by atoms with Gasteiger partial charge >= 0.3 is 6.09 Å². The maximum Gasteiger partial charge on any atom is 0.407 e. The summed E-state index contributed by atoms with van der Waals surface area (Å²) in [6.07, 6.45) is -0.826. The molecule has 0 radical (unpaired) electrons. The number of alkyl carbamates (subject to hydrolysis) is 1. The third-order valence-electron chi connectivity index (χ3n) is 3.43. The Morgan fingerprint density at radius 1 is 1.32 bits per heavy atom. The van der Waals surface area contributed by atoms with Crippen LogP contribution in [0.25, 0.3) is 0 Å². The van der Waals surface area contributed by atoms with Gasteiger partial charge in [-0.1, -0.05) is 30.3 Å². The van der Waals surface area contributed by atoms with Crippen molar-refractivity contribution >= 4 is 6.09 Å². The van der Waals surface area contributed by atoms with Crippen LogP contribution >= 0.6 is 0 Å². The molecule has 3 N–H and O–H groups in total. The molecule has 0 spiro atoms. The minimum Gasteiger partial charge on any atom is -0.445 e. The Morgan fingerprint density at radius 3 is 2.64 bits per heavy atom. The number of hydrogen-bond donors (Lipinski definition) is 3. The number of ether oxygens (including phenoxy) is 2. The van der Waals surface area contributed by atoms with Crippen LogP contribution in [0.4, 0.5) is 4.79 Å². The van der Waals surface area contributed by atoms with Crippen LogP contribution in [0.1, 0.15) is 32.3 Å². The summed E-state index contributed by atoms with van der Waals surface area (Å²) in [5.74, 6) is -1.32. The number of benzene rings is 1. The molecule has 1 amide bonds. The van der Waals surface area contributed by atoms with Crippen molar-refractivity contribution in [3.05, 3.63) is 35.9 Å². The van der Waals surface area contributed by atoms with Crippen molar-refractivity contribution < 1.29 is 24.5 Å². The van der Waals surface area contributed by atoms with Crippen molar-refractivity contribution in [2.75, 3.05) is 0 Å². The average molecular weight is 309 g/mol. The lowest BCUT2D eigenvalue weighted by molar-refractivity contribution is -0.208. The Bertz CT molecular complexity index is 485. The lowest BCUT2D eigenvalue weighted by Gasteiger charge is -2.27. The van der Waals surface area contributed by atoms with Crippen molar-refractivity contribution in [2.24, 2.45) is 0 Å². The quantitative estimate of drug-likeness (QED) is 0.718. The first-order valence-electron chi connectivity index (χ1n) is 7.39. The van der Waals surface area contributed by atoms with Crippen LogP contribution in [0.2, 0.25) is 0 Å². The number of rotatable bonds is 5. The standard InChI is InChI=1S/C16H23NO5/c1-16(2,20)22-14-9-12(18)8-13(14)17-15(19)21-10-11-6-4-3-5-7-11/h3-7,12-14,18,20H,8-10H2,1-2H3,(H,17,19). The van der Waals surface area contributed by atoms with Gasteiger partial charge in [0.1, 0.15) is 6.61 Å². The first kappa shape index (κ1) is 16.7. The summed E-state index contributed by atoms with van der Waals surface area (Å²) >= 11 is 0. The molecule has 22 heavy (non-hydrogen) atoms. The molecule has 2 rings (SSSR count). The molecule has 1 fully saturated rings. The third-order valence-corrected chi connectivity index (χ3v) is 3.43. The molecule has 1 aliphatic carbocycles. The second kappa shape index (κ2) is 7.09. The zero-order valence-corrected chi connectivity index (χ0v) is 12.9. The highest BCUT2D eigenvalue weighted by atomic mass is 16.6. The van der Waals surface area contributed by atoms with Crippen LogP contribution in [0.3, 0.4) is 0 Å². The smallest absolute Gasteiger partial charge is 0.407 e. The molecule has 0 bridgehead atoms. The topological polar surface area (TPSA) is 88.0 Å². The van der Waals surface area contributed by atoms with E-state index >= 15 is 0 Å². The van der Waals surface area contributed by atoms with Gasteiger partial charge in [0.15, 0.2) is 5.79 Å². The predicted molar refractivity (Wildman–Crippen MR) is 80.0 cm³/mol. The van der Waals surface area contributed by atoms with Crippen LogP contribution in [-0.4, -0.2) is 40.3 Å². The highest BCUT2D eigenvalue weighted by Crippen LogP contribution is 2.26. The Balaban J connectivity index is 1.84. The molecule has 0 aromatic heterocycles. The number of aliphatic hydroxyl groups is 2. The minimum absolute atomic E-state index is 0.180. The van der Waals surface area contributed by atoms with Gasteiger partial charge in [-0.3, -0.25) is 0 Å². The van der Waals surface area contributed by atoms with Crippen molar-refractivity contribution in [1.29, 1.82) is 0 Å². The number of carbonyl (C=O) groups is 1. The van der Waals surface area contributed by atoms with Gasteiger partial charge in [0.25, 0.3) is 0 Å². The van der Waals surface area contributed by atoms with E-state index < -0.39 is 24.1 Å². The average Bonchev–Trinajstić information content (AvgIpc) is 2.75. The Morgan fingerprint density at radius 2 is 2.00 bits per heavy atom. The number of hydrogen-bond acceptors (Lipinski definition) is 5. The molecular weight excluding hydrogens is 286 g/mol. The molecule has 1 aromatic rings. The molecule has 6 nitrogen and oxygen atoms in total. The zero-order valence-electron chi connectivity index (χ0n) is 12.9. The van der Waals surface area contributed by atoms with E-state index in [2.05, 4.69) is 5.32 Å². The largest absolute Gasteiger partial charge is 0.445 e. The summed E-state index contributed by atoms with van der Waals surface area (Å²) in [5.41, 5.74) is 0.897. The number of amides is 1. The molecule has 3 atom stereocenters. The Hall–Kier alpha value is -1.63. The van der Waals surface area contributed by atoms with Crippen molar-refractivity contribution in [3.63, 3.8) is 0 Å². The van der Waals surface area contributed by atoms with Crippen LogP contribution in [-0.2, 0) is 16.1 Å². The fraction of sp³-hybridized carbons (Fsp3) is 0.562. The molecular formula is C16H23NO5. The van der Waals surface area contributed by atoms with Crippen LogP contribution in [0, 0.1) is 0 Å². The molecule has 0 aliphatic heterocycles. The minimum atomic E-state index is -1.32. The zero-order chi connectivity index (χ0) is 16.2. The van der Waals surface area contributed by atoms with E-state index in [0.717, 1.165) is 5.56 Å². The van der Waals surface area contributed by atoms with Gasteiger partial charge in [-0.2, -0.15) is 0 Å². The van der Waals surface area contributed by atoms with E-state index in [0.29, 0.717) is 12.8 Å². The van der Waals surface area contributed by atoms with Crippen LogP contribution in [0.15, 0.2) is 30.3 Å². The summed E-state index contributed by atoms with van der Waals surface area (Å²) < 4.78 is 10.6. The summed E-state index contributed by atoms with van der Waals surface area (Å²) in [4.78, 5) is 11.9. The molecule has 1 aliphatic rings. The van der Waals surface area contributed by atoms with Crippen LogP contribution in [0.5, 0.6) is 0 Å². The van der Waals surface area contributed by atoms with Crippen LogP contribution < -0.4 is 5.32 Å². The van der Waals surface area contributed by atoms with Gasteiger partial charge in [-0.15, -0.1) is 0 Å². The number of nitrogens with one attached hydrogen (secondary N) is 1. The fourth-order valence-electron chi connectivity index (χ4n) is 2.54. The Labute approximate surface area is 130 Å².